The maximum absolute atomic E-state index is 13.6. The molecular weight excluding hydrogens is 442 g/mol. The van der Waals surface area contributed by atoms with Crippen LogP contribution in [-0.2, 0) is 4.74 Å². The normalized spacial score (nSPS) is 14.6. The fraction of sp³-hybridized carbons (Fsp3) is 0.417. The van der Waals surface area contributed by atoms with Crippen molar-refractivity contribution in [3.8, 4) is 5.75 Å². The highest BCUT2D eigenvalue weighted by Crippen LogP contribution is 2.32. The molecule has 0 saturated carbocycles. The van der Waals surface area contributed by atoms with E-state index in [1.165, 1.54) is 11.3 Å². The number of morpholine rings is 1. The van der Waals surface area contributed by atoms with Crippen molar-refractivity contribution in [2.24, 2.45) is 0 Å². The number of rotatable bonds is 9. The summed E-state index contributed by atoms with van der Waals surface area (Å²) in [6.07, 6.45) is 0.883. The Morgan fingerprint density at radius 3 is 2.88 bits per heavy atom. The SMILES string of the molecule is CCSc1cccc(C(=O)N(CCCN2CCOCC2)c2nc3ccc(OC)cc3s2)c1. The number of thioether (sulfide) groups is 1. The monoisotopic (exact) mass is 471 g/mol. The summed E-state index contributed by atoms with van der Waals surface area (Å²) in [5, 5.41) is 0.730. The number of ether oxygens (including phenoxy) is 2. The number of hydrogen-bond acceptors (Lipinski definition) is 7. The molecule has 0 N–H and O–H groups in total. The molecule has 4 rings (SSSR count). The van der Waals surface area contributed by atoms with Crippen molar-refractivity contribution in [1.29, 1.82) is 0 Å². The van der Waals surface area contributed by atoms with Gasteiger partial charge >= 0.3 is 0 Å². The van der Waals surface area contributed by atoms with E-state index in [9.17, 15) is 4.79 Å². The number of aromatic nitrogens is 1. The molecule has 0 aliphatic carbocycles. The van der Waals surface area contributed by atoms with E-state index in [1.54, 1.807) is 18.9 Å². The summed E-state index contributed by atoms with van der Waals surface area (Å²) in [7, 11) is 1.66. The Labute approximate surface area is 197 Å². The molecule has 3 aromatic rings. The van der Waals surface area contributed by atoms with Crippen LogP contribution in [0.25, 0.3) is 10.2 Å². The molecule has 170 valence electrons. The summed E-state index contributed by atoms with van der Waals surface area (Å²) in [6.45, 7) is 7.15. The molecule has 0 atom stereocenters. The van der Waals surface area contributed by atoms with Crippen LogP contribution in [0.5, 0.6) is 5.75 Å². The van der Waals surface area contributed by atoms with Crippen molar-refractivity contribution in [2.75, 3.05) is 57.2 Å². The van der Waals surface area contributed by atoms with E-state index >= 15 is 0 Å². The van der Waals surface area contributed by atoms with Crippen molar-refractivity contribution < 1.29 is 14.3 Å². The number of methoxy groups -OCH3 is 1. The summed E-state index contributed by atoms with van der Waals surface area (Å²) >= 11 is 3.28. The quantitative estimate of drug-likeness (QED) is 0.419. The minimum absolute atomic E-state index is 0.00319. The molecular formula is C24H29N3O3S2. The molecule has 1 saturated heterocycles. The Balaban J connectivity index is 1.58. The molecule has 0 bridgehead atoms. The molecule has 1 aliphatic heterocycles. The number of nitrogens with zero attached hydrogens (tertiary/aromatic N) is 3. The number of benzene rings is 2. The van der Waals surface area contributed by atoms with Crippen molar-refractivity contribution in [2.45, 2.75) is 18.2 Å². The maximum Gasteiger partial charge on any atom is 0.260 e. The van der Waals surface area contributed by atoms with Crippen LogP contribution in [0, 0.1) is 0 Å². The standard InChI is InChI=1S/C24H29N3O3S2/c1-3-31-20-7-4-6-18(16-20)23(28)27(11-5-10-26-12-14-30-15-13-26)24-25-21-9-8-19(29-2)17-22(21)32-24/h4,6-9,16-17H,3,5,10-15H2,1-2H3. The predicted molar refractivity (Wildman–Crippen MR) is 133 cm³/mol. The zero-order chi connectivity index (χ0) is 22.3. The van der Waals surface area contributed by atoms with Gasteiger partial charge in [-0.05, 0) is 48.6 Å². The van der Waals surface area contributed by atoms with Crippen LogP contribution in [0.1, 0.15) is 23.7 Å². The summed E-state index contributed by atoms with van der Waals surface area (Å²) in [5.41, 5.74) is 1.58. The second kappa shape index (κ2) is 11.1. The maximum atomic E-state index is 13.6. The smallest absolute Gasteiger partial charge is 0.260 e. The fourth-order valence-electron chi connectivity index (χ4n) is 3.74. The third kappa shape index (κ3) is 5.61. The molecule has 0 radical (unpaired) electrons. The van der Waals surface area contributed by atoms with Gasteiger partial charge in [-0.15, -0.1) is 11.8 Å². The van der Waals surface area contributed by atoms with Crippen molar-refractivity contribution >= 4 is 44.4 Å². The largest absolute Gasteiger partial charge is 0.497 e. The third-order valence-electron chi connectivity index (χ3n) is 5.41. The predicted octanol–water partition coefficient (Wildman–Crippen LogP) is 4.79. The van der Waals surface area contributed by atoms with Crippen molar-refractivity contribution in [3.05, 3.63) is 48.0 Å². The number of anilines is 1. The summed E-state index contributed by atoms with van der Waals surface area (Å²) in [5.74, 6) is 1.76. The first-order valence-corrected chi connectivity index (χ1v) is 12.8. The van der Waals surface area contributed by atoms with Gasteiger partial charge in [0.05, 0.1) is 30.5 Å². The van der Waals surface area contributed by atoms with Gasteiger partial charge in [-0.25, -0.2) is 4.98 Å². The lowest BCUT2D eigenvalue weighted by Crippen LogP contribution is -2.39. The van der Waals surface area contributed by atoms with Gasteiger partial charge in [0.25, 0.3) is 5.91 Å². The molecule has 6 nitrogen and oxygen atoms in total. The molecule has 0 unspecified atom stereocenters. The number of carbonyl (C=O) groups excluding carboxylic acids is 1. The second-order valence-electron chi connectivity index (χ2n) is 7.56. The molecule has 1 fully saturated rings. The molecule has 1 aromatic heterocycles. The Bertz CT molecular complexity index is 1050. The van der Waals surface area contributed by atoms with Crippen LogP contribution in [0.3, 0.4) is 0 Å². The summed E-state index contributed by atoms with van der Waals surface area (Å²) in [6, 6.07) is 13.7. The van der Waals surface area contributed by atoms with Gasteiger partial charge in [-0.2, -0.15) is 0 Å². The lowest BCUT2D eigenvalue weighted by molar-refractivity contribution is 0.0376. The van der Waals surface area contributed by atoms with E-state index in [1.807, 2.05) is 41.3 Å². The number of carbonyl (C=O) groups is 1. The molecule has 0 spiro atoms. The first-order chi connectivity index (χ1) is 15.7. The lowest BCUT2D eigenvalue weighted by Gasteiger charge is -2.27. The van der Waals surface area contributed by atoms with Gasteiger partial charge in [0.15, 0.2) is 5.13 Å². The third-order valence-corrected chi connectivity index (χ3v) is 7.33. The van der Waals surface area contributed by atoms with Crippen LogP contribution in [0.2, 0.25) is 0 Å². The van der Waals surface area contributed by atoms with E-state index in [-0.39, 0.29) is 5.91 Å². The van der Waals surface area contributed by atoms with Gasteiger partial charge < -0.3 is 9.47 Å². The summed E-state index contributed by atoms with van der Waals surface area (Å²) < 4.78 is 11.8. The number of thiazole rings is 1. The highest BCUT2D eigenvalue weighted by atomic mass is 32.2. The fourth-order valence-corrected chi connectivity index (χ4v) is 5.47. The number of fused-ring (bicyclic) bond motifs is 1. The van der Waals surface area contributed by atoms with Crippen LogP contribution in [0.4, 0.5) is 5.13 Å². The Morgan fingerprint density at radius 1 is 1.25 bits per heavy atom. The van der Waals surface area contributed by atoms with E-state index in [2.05, 4.69) is 17.9 Å². The van der Waals surface area contributed by atoms with Crippen molar-refractivity contribution in [3.63, 3.8) is 0 Å². The van der Waals surface area contributed by atoms with Crippen LogP contribution < -0.4 is 9.64 Å². The van der Waals surface area contributed by atoms with Gasteiger partial charge in [0.2, 0.25) is 0 Å². The first kappa shape index (κ1) is 23.0. The highest BCUT2D eigenvalue weighted by molar-refractivity contribution is 7.99. The molecule has 2 aromatic carbocycles. The first-order valence-electron chi connectivity index (χ1n) is 11.0. The Kier molecular flexibility index (Phi) is 8.02. The second-order valence-corrected chi connectivity index (χ2v) is 9.90. The average Bonchev–Trinajstić information content (AvgIpc) is 3.25. The van der Waals surface area contributed by atoms with Crippen LogP contribution in [-0.4, -0.2) is 68.0 Å². The van der Waals surface area contributed by atoms with Gasteiger partial charge in [0, 0.05) is 36.6 Å². The summed E-state index contributed by atoms with van der Waals surface area (Å²) in [4.78, 5) is 23.7. The lowest BCUT2D eigenvalue weighted by atomic mass is 10.2. The molecule has 1 amide bonds. The van der Waals surface area contributed by atoms with Crippen molar-refractivity contribution in [1.82, 2.24) is 9.88 Å². The topological polar surface area (TPSA) is 54.9 Å². The van der Waals surface area contributed by atoms with Gasteiger partial charge in [-0.3, -0.25) is 14.6 Å². The average molecular weight is 472 g/mol. The molecule has 8 heteroatoms. The van der Waals surface area contributed by atoms with E-state index < -0.39 is 0 Å². The zero-order valence-electron chi connectivity index (χ0n) is 18.6. The van der Waals surface area contributed by atoms with Crippen LogP contribution in [0.15, 0.2) is 47.4 Å². The highest BCUT2D eigenvalue weighted by Gasteiger charge is 2.22. The number of amides is 1. The van der Waals surface area contributed by atoms with E-state index in [0.29, 0.717) is 12.1 Å². The van der Waals surface area contributed by atoms with E-state index in [4.69, 9.17) is 14.5 Å². The minimum atomic E-state index is -0.00319. The minimum Gasteiger partial charge on any atom is -0.497 e. The Morgan fingerprint density at radius 2 is 2.09 bits per heavy atom. The zero-order valence-corrected chi connectivity index (χ0v) is 20.2. The Hall–Kier alpha value is -2.13. The van der Waals surface area contributed by atoms with Gasteiger partial charge in [-0.1, -0.05) is 24.3 Å². The molecule has 2 heterocycles. The number of hydrogen-bond donors (Lipinski definition) is 0. The molecule has 32 heavy (non-hydrogen) atoms. The van der Waals surface area contributed by atoms with Crippen LogP contribution >= 0.6 is 23.1 Å². The van der Waals surface area contributed by atoms with Gasteiger partial charge in [0.1, 0.15) is 5.75 Å². The molecule has 1 aliphatic rings. The van der Waals surface area contributed by atoms with E-state index in [0.717, 1.165) is 71.0 Å².